The zero-order valence-corrected chi connectivity index (χ0v) is 13.8. The molecule has 0 radical (unpaired) electrons. The van der Waals surface area contributed by atoms with Crippen LogP contribution in [0.4, 0.5) is 10.1 Å². The van der Waals surface area contributed by atoms with Gasteiger partial charge in [0, 0.05) is 33.3 Å². The number of benzene rings is 1. The van der Waals surface area contributed by atoms with Gasteiger partial charge in [-0.25, -0.2) is 4.39 Å². The van der Waals surface area contributed by atoms with E-state index in [4.69, 9.17) is 10.00 Å². The molecule has 0 atom stereocenters. The monoisotopic (exact) mass is 319 g/mol. The highest BCUT2D eigenvalue weighted by Gasteiger charge is 2.28. The fourth-order valence-corrected chi connectivity index (χ4v) is 2.63. The normalized spacial score (nSPS) is 15.4. The molecule has 124 valence electrons. The first-order valence-corrected chi connectivity index (χ1v) is 7.64. The molecule has 1 heterocycles. The number of methoxy groups -OCH3 is 1. The van der Waals surface area contributed by atoms with Crippen LogP contribution in [0, 0.1) is 17.1 Å². The predicted molar refractivity (Wildman–Crippen MR) is 85.6 cm³/mol. The number of ether oxygens (including phenoxy) is 1. The quantitative estimate of drug-likeness (QED) is 0.853. The molecule has 1 aliphatic rings. The molecule has 5 nitrogen and oxygen atoms in total. The summed E-state index contributed by atoms with van der Waals surface area (Å²) in [6, 6.07) is 6.55. The number of nitriles is 1. The van der Waals surface area contributed by atoms with E-state index >= 15 is 0 Å². The minimum absolute atomic E-state index is 0.0521. The van der Waals surface area contributed by atoms with Crippen LogP contribution in [0.5, 0.6) is 0 Å². The molecule has 1 aromatic rings. The highest BCUT2D eigenvalue weighted by Crippen LogP contribution is 2.24. The summed E-state index contributed by atoms with van der Waals surface area (Å²) in [5.74, 6) is -0.457. The van der Waals surface area contributed by atoms with Gasteiger partial charge in [-0.2, -0.15) is 5.26 Å². The SMILES string of the molecule is COC(C)(C)CC(=O)N1CCN(c2cccc(F)c2C#N)CC1. The second-order valence-electron chi connectivity index (χ2n) is 6.25. The van der Waals surface area contributed by atoms with E-state index in [0.29, 0.717) is 38.3 Å². The Hall–Kier alpha value is -2.13. The lowest BCUT2D eigenvalue weighted by molar-refractivity contribution is -0.136. The molecule has 0 bridgehead atoms. The van der Waals surface area contributed by atoms with Crippen LogP contribution < -0.4 is 4.90 Å². The van der Waals surface area contributed by atoms with Crippen LogP contribution in [0.2, 0.25) is 0 Å². The number of hydrogen-bond donors (Lipinski definition) is 0. The van der Waals surface area contributed by atoms with Gasteiger partial charge in [-0.1, -0.05) is 6.07 Å². The van der Waals surface area contributed by atoms with Gasteiger partial charge in [-0.3, -0.25) is 4.79 Å². The molecular weight excluding hydrogens is 297 g/mol. The first-order chi connectivity index (χ1) is 10.9. The number of nitrogens with zero attached hydrogens (tertiary/aromatic N) is 3. The number of amides is 1. The van der Waals surface area contributed by atoms with Crippen molar-refractivity contribution >= 4 is 11.6 Å². The Balaban J connectivity index is 2.01. The van der Waals surface area contributed by atoms with Crippen LogP contribution in [-0.2, 0) is 9.53 Å². The van der Waals surface area contributed by atoms with Crippen molar-refractivity contribution < 1.29 is 13.9 Å². The van der Waals surface area contributed by atoms with Gasteiger partial charge in [0.05, 0.1) is 17.7 Å². The highest BCUT2D eigenvalue weighted by atomic mass is 19.1. The number of piperazine rings is 1. The van der Waals surface area contributed by atoms with Gasteiger partial charge < -0.3 is 14.5 Å². The van der Waals surface area contributed by atoms with Crippen LogP contribution in [0.15, 0.2) is 18.2 Å². The molecule has 1 aliphatic heterocycles. The number of carbonyl (C=O) groups is 1. The van der Waals surface area contributed by atoms with Gasteiger partial charge in [0.25, 0.3) is 0 Å². The third-order valence-electron chi connectivity index (χ3n) is 4.21. The lowest BCUT2D eigenvalue weighted by Gasteiger charge is -2.37. The summed E-state index contributed by atoms with van der Waals surface area (Å²) in [6.45, 7) is 6.04. The zero-order chi connectivity index (χ0) is 17.0. The van der Waals surface area contributed by atoms with Crippen LogP contribution in [0.1, 0.15) is 25.8 Å². The molecule has 0 aromatic heterocycles. The highest BCUT2D eigenvalue weighted by molar-refractivity contribution is 5.77. The average molecular weight is 319 g/mol. The van der Waals surface area contributed by atoms with Crippen molar-refractivity contribution in [1.82, 2.24) is 4.90 Å². The van der Waals surface area contributed by atoms with Crippen LogP contribution in [0.25, 0.3) is 0 Å². The van der Waals surface area contributed by atoms with E-state index in [9.17, 15) is 9.18 Å². The van der Waals surface area contributed by atoms with E-state index in [0.717, 1.165) is 0 Å². The van der Waals surface area contributed by atoms with Crippen molar-refractivity contribution in [2.45, 2.75) is 25.9 Å². The maximum atomic E-state index is 13.7. The summed E-state index contributed by atoms with van der Waals surface area (Å²) < 4.78 is 19.0. The summed E-state index contributed by atoms with van der Waals surface area (Å²) in [5, 5.41) is 9.13. The zero-order valence-electron chi connectivity index (χ0n) is 13.8. The van der Waals surface area contributed by atoms with Gasteiger partial charge in [-0.05, 0) is 26.0 Å². The lowest BCUT2D eigenvalue weighted by atomic mass is 10.0. The molecule has 1 fully saturated rings. The van der Waals surface area contributed by atoms with Gasteiger partial charge >= 0.3 is 0 Å². The summed E-state index contributed by atoms with van der Waals surface area (Å²) >= 11 is 0. The number of anilines is 1. The van der Waals surface area contributed by atoms with Crippen LogP contribution >= 0.6 is 0 Å². The fourth-order valence-electron chi connectivity index (χ4n) is 2.63. The molecular formula is C17H22FN3O2. The Kier molecular flexibility index (Phi) is 5.22. The molecule has 1 amide bonds. The number of carbonyl (C=O) groups excluding carboxylic acids is 1. The summed E-state index contributed by atoms with van der Waals surface area (Å²) in [7, 11) is 1.60. The van der Waals surface area contributed by atoms with Crippen LogP contribution in [-0.4, -0.2) is 49.7 Å². The van der Waals surface area contributed by atoms with Gasteiger partial charge in [-0.15, -0.1) is 0 Å². The van der Waals surface area contributed by atoms with E-state index < -0.39 is 11.4 Å². The first-order valence-electron chi connectivity index (χ1n) is 7.64. The maximum Gasteiger partial charge on any atom is 0.225 e. The van der Waals surface area contributed by atoms with E-state index in [1.165, 1.54) is 6.07 Å². The van der Waals surface area contributed by atoms with Crippen molar-refractivity contribution in [2.24, 2.45) is 0 Å². The van der Waals surface area contributed by atoms with Crippen molar-refractivity contribution in [1.29, 1.82) is 5.26 Å². The molecule has 0 saturated carbocycles. The molecule has 0 unspecified atom stereocenters. The standard InChI is InChI=1S/C17H22FN3O2/c1-17(2,23-3)11-16(22)21-9-7-20(8-10-21)15-6-4-5-14(18)13(15)12-19/h4-6H,7-11H2,1-3H3. The fraction of sp³-hybridized carbons (Fsp3) is 0.529. The van der Waals surface area contributed by atoms with Gasteiger partial charge in [0.2, 0.25) is 5.91 Å². The van der Waals surface area contributed by atoms with Crippen molar-refractivity contribution in [3.63, 3.8) is 0 Å². The minimum Gasteiger partial charge on any atom is -0.378 e. The molecule has 2 rings (SSSR count). The second-order valence-corrected chi connectivity index (χ2v) is 6.25. The molecule has 0 N–H and O–H groups in total. The van der Waals surface area contributed by atoms with Crippen molar-refractivity contribution in [2.75, 3.05) is 38.2 Å². The van der Waals surface area contributed by atoms with Crippen molar-refractivity contribution in [3.05, 3.63) is 29.6 Å². The summed E-state index contributed by atoms with van der Waals surface area (Å²) in [6.07, 6.45) is 0.326. The number of halogens is 1. The third kappa shape index (κ3) is 3.99. The first kappa shape index (κ1) is 17.2. The average Bonchev–Trinajstić information content (AvgIpc) is 2.54. The molecule has 23 heavy (non-hydrogen) atoms. The smallest absolute Gasteiger partial charge is 0.225 e. The molecule has 1 saturated heterocycles. The Labute approximate surface area is 136 Å². The van der Waals surface area contributed by atoms with E-state index in [1.807, 2.05) is 24.8 Å². The van der Waals surface area contributed by atoms with Gasteiger partial charge in [0.15, 0.2) is 0 Å². The van der Waals surface area contributed by atoms with E-state index in [1.54, 1.807) is 24.1 Å². The third-order valence-corrected chi connectivity index (χ3v) is 4.21. The van der Waals surface area contributed by atoms with Crippen LogP contribution in [0.3, 0.4) is 0 Å². The molecule has 0 aliphatic carbocycles. The Morgan fingerprint density at radius 1 is 1.35 bits per heavy atom. The maximum absolute atomic E-state index is 13.7. The Morgan fingerprint density at radius 3 is 2.57 bits per heavy atom. The molecule has 6 heteroatoms. The van der Waals surface area contributed by atoms with E-state index in [-0.39, 0.29) is 11.5 Å². The van der Waals surface area contributed by atoms with Gasteiger partial charge in [0.1, 0.15) is 17.4 Å². The topological polar surface area (TPSA) is 56.6 Å². The largest absolute Gasteiger partial charge is 0.378 e. The molecule has 0 spiro atoms. The predicted octanol–water partition coefficient (Wildman–Crippen LogP) is 2.16. The lowest BCUT2D eigenvalue weighted by Crippen LogP contribution is -2.50. The number of rotatable bonds is 4. The molecule has 1 aromatic carbocycles. The summed E-state index contributed by atoms with van der Waals surface area (Å²) in [4.78, 5) is 16.1. The summed E-state index contributed by atoms with van der Waals surface area (Å²) in [5.41, 5.74) is 0.176. The second kappa shape index (κ2) is 6.97. The number of hydrogen-bond acceptors (Lipinski definition) is 4. The Bertz CT molecular complexity index is 617. The van der Waals surface area contributed by atoms with Crippen molar-refractivity contribution in [3.8, 4) is 6.07 Å². The Morgan fingerprint density at radius 2 is 2.00 bits per heavy atom. The minimum atomic E-state index is -0.509. The van der Waals surface area contributed by atoms with E-state index in [2.05, 4.69) is 0 Å².